The minimum Gasteiger partial charge on any atom is -0.493 e. The van der Waals surface area contributed by atoms with Crippen molar-refractivity contribution < 1.29 is 9.47 Å². The molecule has 0 saturated carbocycles. The summed E-state index contributed by atoms with van der Waals surface area (Å²) in [5.41, 5.74) is 1.19. The second-order valence-electron chi connectivity index (χ2n) is 4.77. The lowest BCUT2D eigenvalue weighted by Crippen LogP contribution is -2.40. The molecule has 0 bridgehead atoms. The van der Waals surface area contributed by atoms with Gasteiger partial charge in [0, 0.05) is 6.04 Å². The van der Waals surface area contributed by atoms with E-state index >= 15 is 0 Å². The quantitative estimate of drug-likeness (QED) is 0.873. The number of hydrogen-bond donors (Lipinski definition) is 1. The van der Waals surface area contributed by atoms with Gasteiger partial charge in [0.1, 0.15) is 6.10 Å². The Morgan fingerprint density at radius 1 is 1.29 bits per heavy atom. The minimum absolute atomic E-state index is 0.294. The predicted molar refractivity (Wildman–Crippen MR) is 68.8 cm³/mol. The third-order valence-electron chi connectivity index (χ3n) is 3.19. The van der Waals surface area contributed by atoms with E-state index < -0.39 is 0 Å². The van der Waals surface area contributed by atoms with E-state index in [0.717, 1.165) is 30.9 Å². The molecule has 1 N–H and O–H groups in total. The van der Waals surface area contributed by atoms with E-state index in [1.165, 1.54) is 5.56 Å². The Bertz CT molecular complexity index is 378. The topological polar surface area (TPSA) is 30.5 Å². The van der Waals surface area contributed by atoms with Crippen molar-refractivity contribution >= 4 is 0 Å². The highest BCUT2D eigenvalue weighted by atomic mass is 16.5. The van der Waals surface area contributed by atoms with Crippen LogP contribution in [0.4, 0.5) is 0 Å². The Balaban J connectivity index is 2.07. The van der Waals surface area contributed by atoms with Crippen molar-refractivity contribution in [2.45, 2.75) is 38.8 Å². The highest BCUT2D eigenvalue weighted by Crippen LogP contribution is 2.30. The summed E-state index contributed by atoms with van der Waals surface area (Å²) in [4.78, 5) is 0. The summed E-state index contributed by atoms with van der Waals surface area (Å²) in [6.45, 7) is 5.28. The molecule has 1 aromatic carbocycles. The van der Waals surface area contributed by atoms with Crippen LogP contribution in [-0.4, -0.2) is 25.8 Å². The van der Waals surface area contributed by atoms with Gasteiger partial charge < -0.3 is 14.8 Å². The lowest BCUT2D eigenvalue weighted by atomic mass is 10.0. The molecule has 2 rings (SSSR count). The average molecular weight is 235 g/mol. The van der Waals surface area contributed by atoms with Crippen LogP contribution in [-0.2, 0) is 0 Å². The lowest BCUT2D eigenvalue weighted by molar-refractivity contribution is 0.139. The van der Waals surface area contributed by atoms with Gasteiger partial charge in [-0.2, -0.15) is 0 Å². The van der Waals surface area contributed by atoms with Crippen molar-refractivity contribution in [2.75, 3.05) is 13.7 Å². The van der Waals surface area contributed by atoms with Gasteiger partial charge in [-0.25, -0.2) is 0 Å². The van der Waals surface area contributed by atoms with Gasteiger partial charge in [-0.05, 0) is 50.9 Å². The van der Waals surface area contributed by atoms with E-state index in [0.29, 0.717) is 12.1 Å². The van der Waals surface area contributed by atoms with Crippen LogP contribution in [0.1, 0.15) is 25.3 Å². The van der Waals surface area contributed by atoms with Gasteiger partial charge in [0.15, 0.2) is 11.5 Å². The van der Waals surface area contributed by atoms with Crippen LogP contribution in [0.3, 0.4) is 0 Å². The molecule has 0 radical (unpaired) electrons. The Morgan fingerprint density at radius 3 is 2.82 bits per heavy atom. The number of aryl methyl sites for hydroxylation is 1. The summed E-state index contributed by atoms with van der Waals surface area (Å²) < 4.78 is 11.4. The van der Waals surface area contributed by atoms with Gasteiger partial charge in [0.25, 0.3) is 0 Å². The van der Waals surface area contributed by atoms with Gasteiger partial charge in [0.05, 0.1) is 7.11 Å². The molecule has 17 heavy (non-hydrogen) atoms. The molecule has 0 aliphatic carbocycles. The molecule has 94 valence electrons. The number of methoxy groups -OCH3 is 1. The molecule has 3 nitrogen and oxygen atoms in total. The first-order valence-electron chi connectivity index (χ1n) is 6.23. The van der Waals surface area contributed by atoms with E-state index in [2.05, 4.69) is 25.2 Å². The van der Waals surface area contributed by atoms with Gasteiger partial charge in [-0.3, -0.25) is 0 Å². The van der Waals surface area contributed by atoms with E-state index in [4.69, 9.17) is 9.47 Å². The predicted octanol–water partition coefficient (Wildman–Crippen LogP) is 2.52. The van der Waals surface area contributed by atoms with E-state index in [9.17, 15) is 0 Å². The average Bonchev–Trinajstić information content (AvgIpc) is 2.31. The molecule has 1 aliphatic rings. The molecule has 1 saturated heterocycles. The Hall–Kier alpha value is -1.22. The standard InChI is InChI=1S/C14H21NO2/c1-10-4-5-13(14(8-10)16-3)17-12-6-7-15-11(2)9-12/h4-5,8,11-12,15H,6-7,9H2,1-3H3. The van der Waals surface area contributed by atoms with Crippen LogP contribution in [0.2, 0.25) is 0 Å². The summed E-state index contributed by atoms with van der Waals surface area (Å²) >= 11 is 0. The summed E-state index contributed by atoms with van der Waals surface area (Å²) in [5.74, 6) is 1.69. The molecule has 1 heterocycles. The maximum absolute atomic E-state index is 6.04. The van der Waals surface area contributed by atoms with Crippen LogP contribution < -0.4 is 14.8 Å². The molecule has 1 aliphatic heterocycles. The minimum atomic E-state index is 0.294. The van der Waals surface area contributed by atoms with Crippen LogP contribution in [0.5, 0.6) is 11.5 Å². The molecule has 1 aromatic rings. The van der Waals surface area contributed by atoms with Crippen molar-refractivity contribution in [2.24, 2.45) is 0 Å². The number of nitrogens with one attached hydrogen (secondary N) is 1. The van der Waals surface area contributed by atoms with Crippen LogP contribution >= 0.6 is 0 Å². The summed E-state index contributed by atoms with van der Waals surface area (Å²) in [7, 11) is 1.69. The van der Waals surface area contributed by atoms with Gasteiger partial charge in [0.2, 0.25) is 0 Å². The maximum Gasteiger partial charge on any atom is 0.161 e. The SMILES string of the molecule is COc1cc(C)ccc1OC1CCNC(C)C1. The summed E-state index contributed by atoms with van der Waals surface area (Å²) in [5, 5.41) is 3.42. The molecule has 2 atom stereocenters. The van der Waals surface area contributed by atoms with E-state index in [1.807, 2.05) is 12.1 Å². The first-order valence-corrected chi connectivity index (χ1v) is 6.23. The Morgan fingerprint density at radius 2 is 2.12 bits per heavy atom. The van der Waals surface area contributed by atoms with Gasteiger partial charge in [-0.1, -0.05) is 6.07 Å². The number of benzene rings is 1. The molecular formula is C14H21NO2. The molecule has 0 spiro atoms. The van der Waals surface area contributed by atoms with Crippen molar-refractivity contribution in [3.8, 4) is 11.5 Å². The number of rotatable bonds is 3. The van der Waals surface area contributed by atoms with Crippen molar-refractivity contribution in [1.82, 2.24) is 5.32 Å². The number of hydrogen-bond acceptors (Lipinski definition) is 3. The highest BCUT2D eigenvalue weighted by Gasteiger charge is 2.20. The fourth-order valence-corrected chi connectivity index (χ4v) is 2.25. The monoisotopic (exact) mass is 235 g/mol. The van der Waals surface area contributed by atoms with Crippen LogP contribution in [0.25, 0.3) is 0 Å². The third kappa shape index (κ3) is 3.13. The zero-order valence-electron chi connectivity index (χ0n) is 10.8. The molecule has 2 unspecified atom stereocenters. The fourth-order valence-electron chi connectivity index (χ4n) is 2.25. The second-order valence-corrected chi connectivity index (χ2v) is 4.77. The zero-order chi connectivity index (χ0) is 12.3. The van der Waals surface area contributed by atoms with Gasteiger partial charge >= 0.3 is 0 Å². The van der Waals surface area contributed by atoms with Crippen molar-refractivity contribution in [3.05, 3.63) is 23.8 Å². The third-order valence-corrected chi connectivity index (χ3v) is 3.19. The molecule has 0 amide bonds. The molecule has 3 heteroatoms. The molecular weight excluding hydrogens is 214 g/mol. The van der Waals surface area contributed by atoms with E-state index in [1.54, 1.807) is 7.11 Å². The van der Waals surface area contributed by atoms with E-state index in [-0.39, 0.29) is 0 Å². The van der Waals surface area contributed by atoms with Crippen LogP contribution in [0.15, 0.2) is 18.2 Å². The first-order chi connectivity index (χ1) is 8.19. The highest BCUT2D eigenvalue weighted by molar-refractivity contribution is 5.42. The number of piperidine rings is 1. The summed E-state index contributed by atoms with van der Waals surface area (Å²) in [6, 6.07) is 6.61. The molecule has 1 fully saturated rings. The zero-order valence-corrected chi connectivity index (χ0v) is 10.8. The Labute approximate surface area is 103 Å². The van der Waals surface area contributed by atoms with Crippen molar-refractivity contribution in [3.63, 3.8) is 0 Å². The van der Waals surface area contributed by atoms with Crippen LogP contribution in [0, 0.1) is 6.92 Å². The smallest absolute Gasteiger partial charge is 0.161 e. The summed E-state index contributed by atoms with van der Waals surface area (Å²) in [6.07, 6.45) is 2.40. The molecule has 0 aromatic heterocycles. The maximum atomic E-state index is 6.04. The number of ether oxygens (including phenoxy) is 2. The fraction of sp³-hybridized carbons (Fsp3) is 0.571. The largest absolute Gasteiger partial charge is 0.493 e. The van der Waals surface area contributed by atoms with Gasteiger partial charge in [-0.15, -0.1) is 0 Å². The lowest BCUT2D eigenvalue weighted by Gasteiger charge is -2.29. The second kappa shape index (κ2) is 5.41. The van der Waals surface area contributed by atoms with Crippen molar-refractivity contribution in [1.29, 1.82) is 0 Å². The Kier molecular flexibility index (Phi) is 3.89. The first kappa shape index (κ1) is 12.2. The normalized spacial score (nSPS) is 24.4.